The van der Waals surface area contributed by atoms with E-state index in [1.165, 1.54) is 11.8 Å². The molecule has 1 fully saturated rings. The predicted molar refractivity (Wildman–Crippen MR) is 48.0 cm³/mol. The van der Waals surface area contributed by atoms with Crippen molar-refractivity contribution in [2.45, 2.75) is 6.42 Å². The van der Waals surface area contributed by atoms with Crippen molar-refractivity contribution in [2.24, 2.45) is 0 Å². The molecule has 1 saturated heterocycles. The molecule has 0 spiro atoms. The first kappa shape index (κ1) is 8.86. The van der Waals surface area contributed by atoms with Gasteiger partial charge in [0.1, 0.15) is 0 Å². The number of thioether (sulfide) groups is 1. The molecule has 0 atom stereocenters. The van der Waals surface area contributed by atoms with Crippen molar-refractivity contribution in [3.63, 3.8) is 0 Å². The highest BCUT2D eigenvalue weighted by molar-refractivity contribution is 9.11. The van der Waals surface area contributed by atoms with Gasteiger partial charge in [-0.1, -0.05) is 0 Å². The van der Waals surface area contributed by atoms with Crippen molar-refractivity contribution in [2.75, 3.05) is 12.3 Å². The molecular weight excluding hydrogens is 232 g/mol. The molecule has 6 heteroatoms. The van der Waals surface area contributed by atoms with Crippen LogP contribution < -0.4 is 5.32 Å². The monoisotopic (exact) mass is 238 g/mol. The molecule has 4 nitrogen and oxygen atoms in total. The summed E-state index contributed by atoms with van der Waals surface area (Å²) in [7, 11) is 0. The average molecular weight is 239 g/mol. The molecular formula is C5H7BrN2O2S. The van der Waals surface area contributed by atoms with E-state index in [2.05, 4.69) is 21.2 Å². The first-order chi connectivity index (χ1) is 5.22. The number of rotatable bonds is 1. The molecule has 1 aliphatic rings. The maximum Gasteiger partial charge on any atom is 0.340 e. The Labute approximate surface area is 76.7 Å². The second kappa shape index (κ2) is 3.96. The molecule has 0 bridgehead atoms. The van der Waals surface area contributed by atoms with E-state index < -0.39 is 4.92 Å². The number of nitrogens with one attached hydrogen (secondary N) is 1. The van der Waals surface area contributed by atoms with Gasteiger partial charge >= 0.3 is 4.61 Å². The Kier molecular flexibility index (Phi) is 3.19. The van der Waals surface area contributed by atoms with Crippen molar-refractivity contribution >= 4 is 27.7 Å². The molecule has 1 aliphatic heterocycles. The van der Waals surface area contributed by atoms with Crippen molar-refractivity contribution in [3.8, 4) is 0 Å². The molecule has 0 aromatic heterocycles. The van der Waals surface area contributed by atoms with Crippen LogP contribution in [-0.4, -0.2) is 17.2 Å². The lowest BCUT2D eigenvalue weighted by atomic mass is 10.5. The lowest BCUT2D eigenvalue weighted by Crippen LogP contribution is -2.20. The molecule has 0 unspecified atom stereocenters. The van der Waals surface area contributed by atoms with Crippen LogP contribution in [0.15, 0.2) is 9.64 Å². The van der Waals surface area contributed by atoms with Gasteiger partial charge in [-0.2, -0.15) is 0 Å². The molecule has 11 heavy (non-hydrogen) atoms. The van der Waals surface area contributed by atoms with Crippen LogP contribution in [0, 0.1) is 10.1 Å². The van der Waals surface area contributed by atoms with Crippen LogP contribution in [0.4, 0.5) is 0 Å². The quantitative estimate of drug-likeness (QED) is 0.428. The highest BCUT2D eigenvalue weighted by atomic mass is 79.9. The smallest absolute Gasteiger partial charge is 0.340 e. The van der Waals surface area contributed by atoms with Gasteiger partial charge in [-0.15, -0.1) is 11.8 Å². The predicted octanol–water partition coefficient (Wildman–Crippen LogP) is 1.51. The maximum absolute atomic E-state index is 10.2. The summed E-state index contributed by atoms with van der Waals surface area (Å²) in [6, 6.07) is 0. The molecule has 0 aliphatic carbocycles. The van der Waals surface area contributed by atoms with Crippen LogP contribution in [0.25, 0.3) is 0 Å². The third-order valence-electron chi connectivity index (χ3n) is 1.20. The number of nitro groups is 1. The summed E-state index contributed by atoms with van der Waals surface area (Å²) in [5, 5.41) is 13.8. The van der Waals surface area contributed by atoms with Gasteiger partial charge in [0.2, 0.25) is 0 Å². The molecule has 62 valence electrons. The van der Waals surface area contributed by atoms with Gasteiger partial charge in [0, 0.05) is 28.2 Å². The fourth-order valence-electron chi connectivity index (χ4n) is 0.715. The zero-order valence-electron chi connectivity index (χ0n) is 5.67. The second-order valence-corrected chi connectivity index (χ2v) is 3.86. The first-order valence-electron chi connectivity index (χ1n) is 3.12. The minimum Gasteiger partial charge on any atom is -0.374 e. The summed E-state index contributed by atoms with van der Waals surface area (Å²) in [6.07, 6.45) is 1.06. The minimum atomic E-state index is -0.430. The van der Waals surface area contributed by atoms with Crippen LogP contribution in [-0.2, 0) is 0 Å². The van der Waals surface area contributed by atoms with Gasteiger partial charge in [0.15, 0.2) is 5.03 Å². The zero-order valence-corrected chi connectivity index (χ0v) is 8.07. The molecule has 1 heterocycles. The summed E-state index contributed by atoms with van der Waals surface area (Å²) < 4.78 is 0.0437. The van der Waals surface area contributed by atoms with Crippen molar-refractivity contribution in [3.05, 3.63) is 19.7 Å². The molecule has 0 amide bonds. The summed E-state index contributed by atoms with van der Waals surface area (Å²) in [4.78, 5) is 9.82. The summed E-state index contributed by atoms with van der Waals surface area (Å²) in [6.45, 7) is 0.825. The Morgan fingerprint density at radius 2 is 2.55 bits per heavy atom. The van der Waals surface area contributed by atoms with Gasteiger partial charge in [-0.3, -0.25) is 10.1 Å². The number of halogens is 1. The average Bonchev–Trinajstić information content (AvgIpc) is 2.05. The van der Waals surface area contributed by atoms with Crippen LogP contribution in [0.3, 0.4) is 0 Å². The largest absolute Gasteiger partial charge is 0.374 e. The molecule has 0 radical (unpaired) electrons. The number of hydrogen-bond donors (Lipinski definition) is 1. The van der Waals surface area contributed by atoms with Crippen LogP contribution >= 0.6 is 27.7 Å². The van der Waals surface area contributed by atoms with E-state index in [1.54, 1.807) is 0 Å². The molecule has 1 N–H and O–H groups in total. The zero-order chi connectivity index (χ0) is 8.27. The van der Waals surface area contributed by atoms with Crippen molar-refractivity contribution in [1.82, 2.24) is 5.32 Å². The van der Waals surface area contributed by atoms with Gasteiger partial charge in [-0.05, 0) is 6.42 Å². The Morgan fingerprint density at radius 3 is 3.00 bits per heavy atom. The van der Waals surface area contributed by atoms with E-state index in [-0.39, 0.29) is 4.61 Å². The lowest BCUT2D eigenvalue weighted by molar-refractivity contribution is -0.409. The van der Waals surface area contributed by atoms with E-state index in [9.17, 15) is 10.1 Å². The van der Waals surface area contributed by atoms with Crippen LogP contribution in [0.5, 0.6) is 0 Å². The van der Waals surface area contributed by atoms with Gasteiger partial charge in [-0.25, -0.2) is 0 Å². The van der Waals surface area contributed by atoms with Crippen molar-refractivity contribution < 1.29 is 4.92 Å². The Bertz CT molecular complexity index is 199. The fourth-order valence-corrected chi connectivity index (χ4v) is 2.09. The van der Waals surface area contributed by atoms with Gasteiger partial charge in [0.25, 0.3) is 0 Å². The topological polar surface area (TPSA) is 55.2 Å². The standard InChI is InChI=1S/C5H7BrN2O2S/c6-4(8(9)10)5-7-2-1-3-11-5/h7H,1-3H2/b5-4-. The second-order valence-electron chi connectivity index (χ2n) is 2.01. The van der Waals surface area contributed by atoms with Gasteiger partial charge < -0.3 is 5.32 Å². The third kappa shape index (κ3) is 2.37. The summed E-state index contributed by atoms with van der Waals surface area (Å²) >= 11 is 4.38. The van der Waals surface area contributed by atoms with E-state index >= 15 is 0 Å². The minimum absolute atomic E-state index is 0.0437. The molecule has 0 aromatic rings. The molecule has 1 rings (SSSR count). The van der Waals surface area contributed by atoms with Gasteiger partial charge in [0.05, 0.1) is 4.92 Å². The number of nitrogens with zero attached hydrogens (tertiary/aromatic N) is 1. The Hall–Kier alpha value is -0.230. The SMILES string of the molecule is O=[N+]([O-])/C(Br)=C1/NCCCS1. The highest BCUT2D eigenvalue weighted by Gasteiger charge is 2.17. The highest BCUT2D eigenvalue weighted by Crippen LogP contribution is 2.24. The first-order valence-corrected chi connectivity index (χ1v) is 4.90. The van der Waals surface area contributed by atoms with Crippen molar-refractivity contribution in [1.29, 1.82) is 0 Å². The molecule has 0 aromatic carbocycles. The van der Waals surface area contributed by atoms with Crippen LogP contribution in [0.1, 0.15) is 6.42 Å². The van der Waals surface area contributed by atoms with Crippen LogP contribution in [0.2, 0.25) is 0 Å². The third-order valence-corrected chi connectivity index (χ3v) is 3.27. The van der Waals surface area contributed by atoms with E-state index in [0.717, 1.165) is 18.7 Å². The fraction of sp³-hybridized carbons (Fsp3) is 0.600. The normalized spacial score (nSPS) is 22.3. The van der Waals surface area contributed by atoms with E-state index in [1.807, 2.05) is 0 Å². The van der Waals surface area contributed by atoms with E-state index in [4.69, 9.17) is 0 Å². The molecule has 0 saturated carbocycles. The van der Waals surface area contributed by atoms with E-state index in [0.29, 0.717) is 5.03 Å². The Balaban J connectivity index is 2.68. The summed E-state index contributed by atoms with van der Waals surface area (Å²) in [5.41, 5.74) is 0. The Morgan fingerprint density at radius 1 is 1.82 bits per heavy atom. The number of hydrogen-bond acceptors (Lipinski definition) is 4. The summed E-state index contributed by atoms with van der Waals surface area (Å²) in [5.74, 6) is 0.950. The lowest BCUT2D eigenvalue weighted by Gasteiger charge is -2.13. The maximum atomic E-state index is 10.2.